The molecule has 72 valence electrons. The van der Waals surface area contributed by atoms with Gasteiger partial charge >= 0.3 is 5.97 Å². The van der Waals surface area contributed by atoms with E-state index in [0.29, 0.717) is 6.42 Å². The van der Waals surface area contributed by atoms with Gasteiger partial charge in [-0.25, -0.2) is 0 Å². The molecule has 0 aromatic carbocycles. The Kier molecular flexibility index (Phi) is 4.20. The maximum Gasteiger partial charge on any atom is 0.309 e. The first kappa shape index (κ1) is 11.4. The van der Waals surface area contributed by atoms with Crippen LogP contribution in [0, 0.1) is 5.92 Å². The molecule has 0 aromatic heterocycles. The zero-order valence-corrected chi connectivity index (χ0v) is 7.95. The molecule has 1 atom stereocenters. The normalized spacial score (nSPS) is 14.3. The Labute approximate surface area is 73.0 Å². The Morgan fingerprint density at radius 3 is 2.17 bits per heavy atom. The quantitative estimate of drug-likeness (QED) is 0.569. The number of aliphatic hydroxyl groups is 1. The molecular weight excluding hydrogens is 158 g/mol. The predicted molar refractivity (Wildman–Crippen MR) is 45.7 cm³/mol. The summed E-state index contributed by atoms with van der Waals surface area (Å²) in [6.45, 7) is 0.493. The van der Waals surface area contributed by atoms with Crippen LogP contribution >= 0.6 is 0 Å². The van der Waals surface area contributed by atoms with Crippen molar-refractivity contribution >= 4 is 5.97 Å². The molecule has 0 rings (SSSR count). The summed E-state index contributed by atoms with van der Waals surface area (Å²) >= 11 is 0. The third-order valence-corrected chi connectivity index (χ3v) is 1.72. The molecule has 4 nitrogen and oxygen atoms in total. The van der Waals surface area contributed by atoms with Crippen LogP contribution in [0.2, 0.25) is 0 Å². The van der Waals surface area contributed by atoms with E-state index in [1.54, 1.807) is 0 Å². The Hall–Kier alpha value is -0.610. The summed E-state index contributed by atoms with van der Waals surface area (Å²) in [5.74, 6) is -1.52. The van der Waals surface area contributed by atoms with Crippen molar-refractivity contribution in [1.29, 1.82) is 0 Å². The molecule has 0 aliphatic rings. The smallest absolute Gasteiger partial charge is 0.309 e. The molecule has 0 radical (unpaired) electrons. The molecule has 1 unspecified atom stereocenters. The Morgan fingerprint density at radius 1 is 1.42 bits per heavy atom. The maximum absolute atomic E-state index is 10.5. The van der Waals surface area contributed by atoms with Crippen molar-refractivity contribution in [2.45, 2.75) is 6.42 Å². The van der Waals surface area contributed by atoms with Gasteiger partial charge in [-0.2, -0.15) is 0 Å². The molecule has 0 heterocycles. The van der Waals surface area contributed by atoms with E-state index in [1.165, 1.54) is 0 Å². The topological polar surface area (TPSA) is 57.5 Å². The van der Waals surface area contributed by atoms with E-state index >= 15 is 0 Å². The van der Waals surface area contributed by atoms with E-state index in [-0.39, 0.29) is 6.61 Å². The summed E-state index contributed by atoms with van der Waals surface area (Å²) < 4.78 is 0.726. The highest BCUT2D eigenvalue weighted by molar-refractivity contribution is 5.69. The SMILES string of the molecule is C[N+](C)(C)CCC(CO)C(=O)O. The van der Waals surface area contributed by atoms with Crippen LogP contribution in [0.15, 0.2) is 0 Å². The Balaban J connectivity index is 3.81. The fourth-order valence-electron chi connectivity index (χ4n) is 0.836. The lowest BCUT2D eigenvalue weighted by Crippen LogP contribution is -2.37. The van der Waals surface area contributed by atoms with E-state index in [9.17, 15) is 4.79 Å². The number of aliphatic hydroxyl groups excluding tert-OH is 1. The van der Waals surface area contributed by atoms with E-state index in [1.807, 2.05) is 21.1 Å². The van der Waals surface area contributed by atoms with Crippen molar-refractivity contribution in [3.8, 4) is 0 Å². The third kappa shape index (κ3) is 5.09. The molecule has 0 saturated carbocycles. The lowest BCUT2D eigenvalue weighted by molar-refractivity contribution is -0.870. The zero-order chi connectivity index (χ0) is 9.78. The molecule has 0 aromatic rings. The molecule has 12 heavy (non-hydrogen) atoms. The minimum absolute atomic E-state index is 0.269. The Morgan fingerprint density at radius 2 is 1.92 bits per heavy atom. The first-order valence-corrected chi connectivity index (χ1v) is 4.01. The van der Waals surface area contributed by atoms with Gasteiger partial charge in [-0.15, -0.1) is 0 Å². The average molecular weight is 176 g/mol. The van der Waals surface area contributed by atoms with E-state index in [0.717, 1.165) is 11.0 Å². The highest BCUT2D eigenvalue weighted by atomic mass is 16.4. The monoisotopic (exact) mass is 176 g/mol. The maximum atomic E-state index is 10.5. The van der Waals surface area contributed by atoms with Gasteiger partial charge in [-0.1, -0.05) is 0 Å². The van der Waals surface area contributed by atoms with E-state index < -0.39 is 11.9 Å². The van der Waals surface area contributed by atoms with Crippen LogP contribution in [0.3, 0.4) is 0 Å². The molecular formula is C8H18NO3+. The summed E-state index contributed by atoms with van der Waals surface area (Å²) in [5, 5.41) is 17.3. The molecule has 4 heteroatoms. The zero-order valence-electron chi connectivity index (χ0n) is 7.95. The number of carbonyl (C=O) groups is 1. The van der Waals surface area contributed by atoms with Crippen LogP contribution in [0.4, 0.5) is 0 Å². The van der Waals surface area contributed by atoms with Gasteiger partial charge in [0.05, 0.1) is 40.2 Å². The van der Waals surface area contributed by atoms with Gasteiger partial charge < -0.3 is 14.7 Å². The highest BCUT2D eigenvalue weighted by Crippen LogP contribution is 2.05. The minimum atomic E-state index is -0.911. The molecule has 2 N–H and O–H groups in total. The molecule has 0 amide bonds. The lowest BCUT2D eigenvalue weighted by Gasteiger charge is -2.24. The number of hydrogen-bond donors (Lipinski definition) is 2. The first-order chi connectivity index (χ1) is 5.37. The van der Waals surface area contributed by atoms with Crippen LogP contribution in [-0.4, -0.2) is 55.0 Å². The van der Waals surface area contributed by atoms with Gasteiger partial charge in [-0.3, -0.25) is 4.79 Å². The second-order valence-electron chi connectivity index (χ2n) is 4.02. The molecule has 0 fully saturated rings. The van der Waals surface area contributed by atoms with E-state index in [4.69, 9.17) is 10.2 Å². The standard InChI is InChI=1S/C8H17NO3/c1-9(2,3)5-4-7(6-10)8(11)12/h7,10H,4-6H2,1-3H3/p+1. The van der Waals surface area contributed by atoms with Crippen molar-refractivity contribution in [1.82, 2.24) is 0 Å². The largest absolute Gasteiger partial charge is 0.481 e. The highest BCUT2D eigenvalue weighted by Gasteiger charge is 2.19. The number of nitrogens with zero attached hydrogens (tertiary/aromatic N) is 1. The fraction of sp³-hybridized carbons (Fsp3) is 0.875. The second kappa shape index (κ2) is 4.42. The molecule has 0 aliphatic carbocycles. The van der Waals surface area contributed by atoms with Gasteiger partial charge in [0.25, 0.3) is 0 Å². The number of carboxylic acids is 1. The number of hydrogen-bond acceptors (Lipinski definition) is 2. The van der Waals surface area contributed by atoms with Crippen LogP contribution in [0.5, 0.6) is 0 Å². The fourth-order valence-corrected chi connectivity index (χ4v) is 0.836. The summed E-state index contributed by atoms with van der Waals surface area (Å²) in [6.07, 6.45) is 0.523. The van der Waals surface area contributed by atoms with Crippen molar-refractivity contribution in [2.24, 2.45) is 5.92 Å². The lowest BCUT2D eigenvalue weighted by atomic mass is 10.1. The predicted octanol–water partition coefficient (Wildman–Crippen LogP) is -0.224. The number of quaternary nitrogens is 1. The van der Waals surface area contributed by atoms with Crippen LogP contribution in [-0.2, 0) is 4.79 Å². The molecule has 0 spiro atoms. The first-order valence-electron chi connectivity index (χ1n) is 4.01. The summed E-state index contributed by atoms with van der Waals surface area (Å²) in [4.78, 5) is 10.5. The molecule has 0 saturated heterocycles. The van der Waals surface area contributed by atoms with Gasteiger partial charge in [-0.05, 0) is 0 Å². The van der Waals surface area contributed by atoms with Crippen molar-refractivity contribution < 1.29 is 19.5 Å². The molecule has 0 bridgehead atoms. The Bertz CT molecular complexity index is 151. The minimum Gasteiger partial charge on any atom is -0.481 e. The second-order valence-corrected chi connectivity index (χ2v) is 4.02. The summed E-state index contributed by atoms with van der Waals surface area (Å²) in [6, 6.07) is 0. The van der Waals surface area contributed by atoms with Crippen LogP contribution in [0.25, 0.3) is 0 Å². The van der Waals surface area contributed by atoms with E-state index in [2.05, 4.69) is 0 Å². The van der Waals surface area contributed by atoms with Gasteiger partial charge in [0.15, 0.2) is 0 Å². The molecule has 0 aliphatic heterocycles. The number of rotatable bonds is 5. The van der Waals surface area contributed by atoms with Gasteiger partial charge in [0.1, 0.15) is 0 Å². The number of aliphatic carboxylic acids is 1. The third-order valence-electron chi connectivity index (χ3n) is 1.72. The van der Waals surface area contributed by atoms with Crippen LogP contribution < -0.4 is 0 Å². The van der Waals surface area contributed by atoms with Crippen LogP contribution in [0.1, 0.15) is 6.42 Å². The van der Waals surface area contributed by atoms with Gasteiger partial charge in [0, 0.05) is 6.42 Å². The van der Waals surface area contributed by atoms with Crippen molar-refractivity contribution in [2.75, 3.05) is 34.3 Å². The van der Waals surface area contributed by atoms with Gasteiger partial charge in [0.2, 0.25) is 0 Å². The number of carboxylic acid groups (broad SMARTS) is 1. The van der Waals surface area contributed by atoms with Crippen molar-refractivity contribution in [3.63, 3.8) is 0 Å². The summed E-state index contributed by atoms with van der Waals surface area (Å²) in [7, 11) is 5.99. The summed E-state index contributed by atoms with van der Waals surface area (Å²) in [5.41, 5.74) is 0. The van der Waals surface area contributed by atoms with Crippen molar-refractivity contribution in [3.05, 3.63) is 0 Å². The average Bonchev–Trinajstić information content (AvgIpc) is 1.85.